The van der Waals surface area contributed by atoms with Gasteiger partial charge in [0.25, 0.3) is 0 Å². The molecule has 20 heavy (non-hydrogen) atoms. The van der Waals surface area contributed by atoms with E-state index in [0.717, 1.165) is 16.8 Å². The molecule has 2 aromatic carbocycles. The normalized spacial score (nSPS) is 10.8. The minimum atomic E-state index is 0.0525. The van der Waals surface area contributed by atoms with Crippen molar-refractivity contribution in [3.8, 4) is 0 Å². The van der Waals surface area contributed by atoms with Crippen LogP contribution in [0.3, 0.4) is 0 Å². The first-order valence-electron chi connectivity index (χ1n) is 6.21. The van der Waals surface area contributed by atoms with Crippen LogP contribution in [0.5, 0.6) is 0 Å². The van der Waals surface area contributed by atoms with Crippen LogP contribution in [0.25, 0.3) is 11.0 Å². The van der Waals surface area contributed by atoms with Gasteiger partial charge in [0.05, 0.1) is 18.0 Å². The Morgan fingerprint density at radius 1 is 1.00 bits per heavy atom. The Labute approximate surface area is 115 Å². The number of hydrogen-bond donors (Lipinski definition) is 3. The number of aliphatic hydroxyl groups excluding tert-OH is 1. The highest BCUT2D eigenvalue weighted by Gasteiger charge is 2.09. The highest BCUT2D eigenvalue weighted by molar-refractivity contribution is 5.94. The molecule has 0 aliphatic rings. The fraction of sp³-hybridized carbons (Fsp3) is 0.143. The van der Waals surface area contributed by atoms with Crippen molar-refractivity contribution < 1.29 is 9.74 Å². The predicted octanol–water partition coefficient (Wildman–Crippen LogP) is 1.91. The maximum atomic E-state index is 9.00. The summed E-state index contributed by atoms with van der Waals surface area (Å²) in [6.07, 6.45) is 0. The van der Waals surface area contributed by atoms with Gasteiger partial charge in [-0.1, -0.05) is 24.3 Å². The van der Waals surface area contributed by atoms with Gasteiger partial charge in [0.2, 0.25) is 0 Å². The summed E-state index contributed by atoms with van der Waals surface area (Å²) in [7, 11) is 0. The molecule has 0 spiro atoms. The van der Waals surface area contributed by atoms with E-state index in [1.807, 2.05) is 30.3 Å². The molecule has 0 fully saturated rings. The van der Waals surface area contributed by atoms with Crippen LogP contribution in [-0.2, 0) is 13.2 Å². The van der Waals surface area contributed by atoms with Crippen molar-refractivity contribution in [1.82, 2.24) is 10.3 Å². The molecule has 6 nitrogen and oxygen atoms in total. The smallest absolute Gasteiger partial charge is 0.160 e. The third kappa shape index (κ3) is 2.28. The first-order chi connectivity index (χ1) is 9.78. The molecule has 4 N–H and O–H groups in total. The van der Waals surface area contributed by atoms with Crippen molar-refractivity contribution in [1.29, 1.82) is 0 Å². The van der Waals surface area contributed by atoms with E-state index in [2.05, 4.69) is 15.6 Å². The number of hydrogen-bond acceptors (Lipinski definition) is 6. The molecule has 0 saturated heterocycles. The lowest BCUT2D eigenvalue weighted by atomic mass is 10.1. The lowest BCUT2D eigenvalue weighted by Gasteiger charge is -2.07. The van der Waals surface area contributed by atoms with Gasteiger partial charge in [0.15, 0.2) is 11.0 Å². The number of nitrogens with zero attached hydrogens (tertiary/aromatic N) is 2. The summed E-state index contributed by atoms with van der Waals surface area (Å²) in [5.74, 6) is 0. The van der Waals surface area contributed by atoms with E-state index in [1.54, 1.807) is 6.07 Å². The molecule has 1 heterocycles. The second kappa shape index (κ2) is 5.18. The average molecular weight is 270 g/mol. The van der Waals surface area contributed by atoms with Crippen LogP contribution in [0.15, 0.2) is 41.0 Å². The first-order valence-corrected chi connectivity index (χ1v) is 6.21. The van der Waals surface area contributed by atoms with E-state index < -0.39 is 0 Å². The van der Waals surface area contributed by atoms with E-state index in [-0.39, 0.29) is 6.61 Å². The Hall–Kier alpha value is -2.60. The number of benzene rings is 2. The fourth-order valence-corrected chi connectivity index (χ4v) is 1.99. The molecular formula is C14H14N4O2. The minimum absolute atomic E-state index is 0.0525. The Morgan fingerprint density at radius 2 is 1.70 bits per heavy atom. The van der Waals surface area contributed by atoms with Crippen LogP contribution < -0.4 is 11.1 Å². The van der Waals surface area contributed by atoms with Crippen LogP contribution in [0, 0.1) is 0 Å². The second-order valence-corrected chi connectivity index (χ2v) is 4.49. The number of aliphatic hydroxyl groups is 1. The van der Waals surface area contributed by atoms with Gasteiger partial charge in [-0.2, -0.15) is 0 Å². The van der Waals surface area contributed by atoms with Crippen LogP contribution in [0.4, 0.5) is 11.4 Å². The monoisotopic (exact) mass is 270 g/mol. The minimum Gasteiger partial charge on any atom is -0.397 e. The van der Waals surface area contributed by atoms with E-state index in [9.17, 15) is 0 Å². The van der Waals surface area contributed by atoms with Crippen molar-refractivity contribution >= 4 is 22.4 Å². The second-order valence-electron chi connectivity index (χ2n) is 4.49. The zero-order valence-corrected chi connectivity index (χ0v) is 10.7. The summed E-state index contributed by atoms with van der Waals surface area (Å²) in [5, 5.41) is 19.9. The molecule has 0 bridgehead atoms. The molecule has 3 rings (SSSR count). The van der Waals surface area contributed by atoms with Crippen molar-refractivity contribution in [3.05, 3.63) is 47.5 Å². The predicted molar refractivity (Wildman–Crippen MR) is 75.9 cm³/mol. The van der Waals surface area contributed by atoms with Gasteiger partial charge in [-0.15, -0.1) is 0 Å². The first kappa shape index (κ1) is 12.4. The van der Waals surface area contributed by atoms with Gasteiger partial charge in [0.1, 0.15) is 0 Å². The Morgan fingerprint density at radius 3 is 2.45 bits per heavy atom. The van der Waals surface area contributed by atoms with Crippen molar-refractivity contribution in [2.24, 2.45) is 0 Å². The molecule has 0 atom stereocenters. The summed E-state index contributed by atoms with van der Waals surface area (Å²) in [6, 6.07) is 11.3. The van der Waals surface area contributed by atoms with Crippen molar-refractivity contribution in [2.45, 2.75) is 13.2 Å². The van der Waals surface area contributed by atoms with Gasteiger partial charge in [0, 0.05) is 6.54 Å². The van der Waals surface area contributed by atoms with Crippen LogP contribution in [-0.4, -0.2) is 15.4 Å². The zero-order valence-electron chi connectivity index (χ0n) is 10.7. The number of nitrogens with one attached hydrogen (secondary N) is 1. The number of nitrogens with two attached hydrogens (primary N) is 1. The van der Waals surface area contributed by atoms with Crippen molar-refractivity contribution in [2.75, 3.05) is 11.1 Å². The van der Waals surface area contributed by atoms with E-state index in [1.165, 1.54) is 0 Å². The summed E-state index contributed by atoms with van der Waals surface area (Å²) in [6.45, 7) is 0.689. The summed E-state index contributed by atoms with van der Waals surface area (Å²) >= 11 is 0. The largest absolute Gasteiger partial charge is 0.397 e. The lowest BCUT2D eigenvalue weighted by molar-refractivity contribution is 0.282. The fourth-order valence-electron chi connectivity index (χ4n) is 1.99. The number of fused-ring (bicyclic) bond motifs is 1. The van der Waals surface area contributed by atoms with Crippen LogP contribution in [0.1, 0.15) is 11.1 Å². The maximum absolute atomic E-state index is 9.00. The molecule has 102 valence electrons. The van der Waals surface area contributed by atoms with Crippen LogP contribution >= 0.6 is 0 Å². The molecular weight excluding hydrogens is 256 g/mol. The molecule has 0 radical (unpaired) electrons. The van der Waals surface area contributed by atoms with Gasteiger partial charge in [-0.25, -0.2) is 4.63 Å². The van der Waals surface area contributed by atoms with E-state index in [4.69, 9.17) is 15.5 Å². The molecule has 0 unspecified atom stereocenters. The summed E-state index contributed by atoms with van der Waals surface area (Å²) in [4.78, 5) is 0. The molecule has 0 saturated carbocycles. The third-order valence-corrected chi connectivity index (χ3v) is 3.14. The van der Waals surface area contributed by atoms with E-state index in [0.29, 0.717) is 23.3 Å². The number of anilines is 2. The SMILES string of the molecule is Nc1ccc(NCc2ccc(CO)cc2)c2nonc12. The molecule has 1 aromatic heterocycles. The quantitative estimate of drug-likeness (QED) is 0.626. The van der Waals surface area contributed by atoms with Gasteiger partial charge in [-0.05, 0) is 33.6 Å². The Balaban J connectivity index is 1.79. The Bertz CT molecular complexity index is 722. The molecule has 6 heteroatoms. The van der Waals surface area contributed by atoms with E-state index >= 15 is 0 Å². The zero-order chi connectivity index (χ0) is 13.9. The van der Waals surface area contributed by atoms with Gasteiger partial charge in [-0.3, -0.25) is 0 Å². The average Bonchev–Trinajstić information content (AvgIpc) is 2.98. The highest BCUT2D eigenvalue weighted by atomic mass is 16.6. The summed E-state index contributed by atoms with van der Waals surface area (Å²) in [5.41, 5.74) is 10.3. The topological polar surface area (TPSA) is 97.2 Å². The summed E-state index contributed by atoms with van der Waals surface area (Å²) < 4.78 is 4.72. The number of aromatic nitrogens is 2. The van der Waals surface area contributed by atoms with Gasteiger partial charge < -0.3 is 16.2 Å². The molecule has 0 aliphatic carbocycles. The highest BCUT2D eigenvalue weighted by Crippen LogP contribution is 2.25. The third-order valence-electron chi connectivity index (χ3n) is 3.14. The lowest BCUT2D eigenvalue weighted by Crippen LogP contribution is -2.01. The molecule has 0 amide bonds. The number of nitrogen functional groups attached to an aromatic ring is 1. The maximum Gasteiger partial charge on any atom is 0.160 e. The van der Waals surface area contributed by atoms with Gasteiger partial charge >= 0.3 is 0 Å². The molecule has 3 aromatic rings. The van der Waals surface area contributed by atoms with Crippen LogP contribution in [0.2, 0.25) is 0 Å². The molecule has 0 aliphatic heterocycles. The van der Waals surface area contributed by atoms with Crippen molar-refractivity contribution in [3.63, 3.8) is 0 Å². The Kier molecular flexibility index (Phi) is 3.22. The standard InChI is InChI=1S/C14H14N4O2/c15-11-5-6-12(14-13(11)17-20-18-14)16-7-9-1-3-10(8-19)4-2-9/h1-6,16,19H,7-8,15H2. The number of rotatable bonds is 4.